The summed E-state index contributed by atoms with van der Waals surface area (Å²) in [5.74, 6) is -0.186. The largest absolute Gasteiger partial charge is 0.450 e. The lowest BCUT2D eigenvalue weighted by molar-refractivity contribution is -0.125. The quantitative estimate of drug-likeness (QED) is 0.706. The van der Waals surface area contributed by atoms with Crippen LogP contribution in [0.1, 0.15) is 35.9 Å². The van der Waals surface area contributed by atoms with Crippen LogP contribution in [0.25, 0.3) is 21.7 Å². The van der Waals surface area contributed by atoms with E-state index in [9.17, 15) is 9.59 Å². The molecule has 0 bridgehead atoms. The van der Waals surface area contributed by atoms with Crippen LogP contribution in [-0.2, 0) is 9.53 Å². The van der Waals surface area contributed by atoms with Crippen LogP contribution in [0.15, 0.2) is 40.8 Å². The summed E-state index contributed by atoms with van der Waals surface area (Å²) in [6.45, 7) is 3.51. The van der Waals surface area contributed by atoms with Crippen LogP contribution < -0.4 is 5.32 Å². The van der Waals surface area contributed by atoms with E-state index in [1.165, 1.54) is 0 Å². The third kappa shape index (κ3) is 3.05. The Kier molecular flexibility index (Phi) is 4.15. The molecule has 1 saturated carbocycles. The van der Waals surface area contributed by atoms with Gasteiger partial charge in [0, 0.05) is 22.4 Å². The van der Waals surface area contributed by atoms with Crippen LogP contribution in [0, 0.1) is 12.8 Å². The highest BCUT2D eigenvalue weighted by molar-refractivity contribution is 6.08. The minimum atomic E-state index is -0.614. The third-order valence-electron chi connectivity index (χ3n) is 5.07. The van der Waals surface area contributed by atoms with E-state index in [2.05, 4.69) is 5.32 Å². The summed E-state index contributed by atoms with van der Waals surface area (Å²) >= 11 is 0. The van der Waals surface area contributed by atoms with Gasteiger partial charge in [0.15, 0.2) is 6.61 Å². The van der Waals surface area contributed by atoms with E-state index < -0.39 is 5.97 Å². The van der Waals surface area contributed by atoms with Crippen molar-refractivity contribution >= 4 is 33.6 Å². The zero-order chi connectivity index (χ0) is 18.3. The minimum Gasteiger partial charge on any atom is -0.450 e. The summed E-state index contributed by atoms with van der Waals surface area (Å²) < 4.78 is 11.0. The summed E-state index contributed by atoms with van der Waals surface area (Å²) in [6, 6.07) is 11.9. The Morgan fingerprint density at radius 2 is 1.96 bits per heavy atom. The Balaban J connectivity index is 1.52. The van der Waals surface area contributed by atoms with Crippen LogP contribution in [0.4, 0.5) is 0 Å². The number of benzene rings is 2. The van der Waals surface area contributed by atoms with E-state index in [0.717, 1.165) is 34.6 Å². The molecule has 3 aromatic rings. The number of aryl methyl sites for hydroxylation is 1. The van der Waals surface area contributed by atoms with Crippen LogP contribution >= 0.6 is 0 Å². The van der Waals surface area contributed by atoms with E-state index in [4.69, 9.17) is 9.15 Å². The molecule has 0 radical (unpaired) electrons. The lowest BCUT2D eigenvalue weighted by atomic mass is 10.1. The molecular formula is C21H21NO4. The first-order chi connectivity index (χ1) is 12.5. The van der Waals surface area contributed by atoms with Crippen molar-refractivity contribution in [2.24, 2.45) is 5.92 Å². The fourth-order valence-electron chi connectivity index (χ4n) is 3.35. The second-order valence-electron chi connectivity index (χ2n) is 6.99. The Morgan fingerprint density at radius 1 is 1.19 bits per heavy atom. The Labute approximate surface area is 151 Å². The van der Waals surface area contributed by atoms with Crippen LogP contribution in [0.2, 0.25) is 0 Å². The van der Waals surface area contributed by atoms with Gasteiger partial charge in [-0.15, -0.1) is 0 Å². The average molecular weight is 351 g/mol. The lowest BCUT2D eigenvalue weighted by Gasteiger charge is -2.12. The summed E-state index contributed by atoms with van der Waals surface area (Å²) in [5, 5.41) is 5.74. The molecule has 1 aliphatic rings. The highest BCUT2D eigenvalue weighted by Crippen LogP contribution is 2.33. The average Bonchev–Trinajstić information content (AvgIpc) is 3.44. The first-order valence-electron chi connectivity index (χ1n) is 8.92. The number of furan rings is 1. The van der Waals surface area contributed by atoms with Crippen LogP contribution in [0.3, 0.4) is 0 Å². The fraction of sp³-hybridized carbons (Fsp3) is 0.333. The van der Waals surface area contributed by atoms with Gasteiger partial charge < -0.3 is 14.5 Å². The molecule has 0 saturated heterocycles. The zero-order valence-corrected chi connectivity index (χ0v) is 14.9. The number of hydrogen-bond acceptors (Lipinski definition) is 4. The standard InChI is InChI=1S/C21H21NO4/c1-12-16-10-9-15-5-3-4-6-17(15)20(16)26-19(12)21(24)25-11-18(23)22-13(2)14-7-8-14/h3-6,9-10,13-14H,7-8,11H2,1-2H3,(H,22,23)/t13-/m0/s1. The molecule has 1 amide bonds. The molecule has 1 aliphatic carbocycles. The van der Waals surface area contributed by atoms with E-state index in [-0.39, 0.29) is 24.3 Å². The van der Waals surface area contributed by atoms with Gasteiger partial charge in [0.25, 0.3) is 5.91 Å². The first-order valence-corrected chi connectivity index (χ1v) is 8.92. The summed E-state index contributed by atoms with van der Waals surface area (Å²) in [6.07, 6.45) is 2.29. The number of ether oxygens (including phenoxy) is 1. The van der Waals surface area contributed by atoms with Crippen LogP contribution in [-0.4, -0.2) is 24.5 Å². The van der Waals surface area contributed by atoms with E-state index in [1.807, 2.05) is 50.2 Å². The number of carbonyl (C=O) groups excluding carboxylic acids is 2. The molecule has 5 heteroatoms. The Hall–Kier alpha value is -2.82. The van der Waals surface area contributed by atoms with Gasteiger partial charge in [-0.2, -0.15) is 0 Å². The number of esters is 1. The van der Waals surface area contributed by atoms with Crippen molar-refractivity contribution in [1.82, 2.24) is 5.32 Å². The molecule has 0 aliphatic heterocycles. The number of rotatable bonds is 5. The summed E-state index contributed by atoms with van der Waals surface area (Å²) in [7, 11) is 0. The van der Waals surface area contributed by atoms with Gasteiger partial charge in [-0.1, -0.05) is 36.4 Å². The molecule has 134 valence electrons. The molecular weight excluding hydrogens is 330 g/mol. The molecule has 5 nitrogen and oxygen atoms in total. The van der Waals surface area contributed by atoms with Crippen molar-refractivity contribution in [2.45, 2.75) is 32.7 Å². The van der Waals surface area contributed by atoms with Gasteiger partial charge in [-0.05, 0) is 38.0 Å². The van der Waals surface area contributed by atoms with Crippen molar-refractivity contribution in [3.8, 4) is 0 Å². The fourth-order valence-corrected chi connectivity index (χ4v) is 3.35. The molecule has 1 N–H and O–H groups in total. The number of amides is 1. The predicted molar refractivity (Wildman–Crippen MR) is 99.1 cm³/mol. The maximum atomic E-state index is 12.4. The maximum Gasteiger partial charge on any atom is 0.375 e. The highest BCUT2D eigenvalue weighted by Gasteiger charge is 2.29. The molecule has 1 heterocycles. The SMILES string of the molecule is Cc1c(C(=O)OCC(=O)N[C@@H](C)C2CC2)oc2c1ccc1ccccc12. The first kappa shape index (κ1) is 16.6. The second kappa shape index (κ2) is 6.48. The maximum absolute atomic E-state index is 12.4. The van der Waals surface area contributed by atoms with Gasteiger partial charge >= 0.3 is 5.97 Å². The number of hydrogen-bond donors (Lipinski definition) is 1. The van der Waals surface area contributed by atoms with E-state index in [0.29, 0.717) is 11.5 Å². The third-order valence-corrected chi connectivity index (χ3v) is 5.07. The summed E-state index contributed by atoms with van der Waals surface area (Å²) in [4.78, 5) is 24.3. The number of carbonyl (C=O) groups is 2. The molecule has 4 rings (SSSR count). The molecule has 1 fully saturated rings. The monoisotopic (exact) mass is 351 g/mol. The molecule has 0 unspecified atom stereocenters. The van der Waals surface area contributed by atoms with Gasteiger partial charge in [0.05, 0.1) is 0 Å². The number of fused-ring (bicyclic) bond motifs is 3. The summed E-state index contributed by atoms with van der Waals surface area (Å²) in [5.41, 5.74) is 1.39. The second-order valence-corrected chi connectivity index (χ2v) is 6.99. The predicted octanol–water partition coefficient (Wildman–Crippen LogP) is 3.97. The Bertz CT molecular complexity index is 1000. The highest BCUT2D eigenvalue weighted by atomic mass is 16.5. The van der Waals surface area contributed by atoms with Gasteiger partial charge in [-0.25, -0.2) is 4.79 Å². The number of nitrogens with one attached hydrogen (secondary N) is 1. The van der Waals surface area contributed by atoms with E-state index in [1.54, 1.807) is 0 Å². The van der Waals surface area contributed by atoms with Crippen molar-refractivity contribution in [2.75, 3.05) is 6.61 Å². The van der Waals surface area contributed by atoms with Gasteiger partial charge in [0.1, 0.15) is 5.58 Å². The topological polar surface area (TPSA) is 68.5 Å². The molecule has 0 spiro atoms. The van der Waals surface area contributed by atoms with Gasteiger partial charge in [-0.3, -0.25) is 4.79 Å². The molecule has 2 aromatic carbocycles. The van der Waals surface area contributed by atoms with Crippen molar-refractivity contribution in [3.63, 3.8) is 0 Å². The van der Waals surface area contributed by atoms with Crippen molar-refractivity contribution in [1.29, 1.82) is 0 Å². The Morgan fingerprint density at radius 3 is 2.73 bits per heavy atom. The smallest absolute Gasteiger partial charge is 0.375 e. The lowest BCUT2D eigenvalue weighted by Crippen LogP contribution is -2.37. The molecule has 26 heavy (non-hydrogen) atoms. The van der Waals surface area contributed by atoms with E-state index >= 15 is 0 Å². The normalized spacial score (nSPS) is 15.2. The zero-order valence-electron chi connectivity index (χ0n) is 14.9. The van der Waals surface area contributed by atoms with Gasteiger partial charge in [0.2, 0.25) is 5.76 Å². The molecule has 1 atom stereocenters. The van der Waals surface area contributed by atoms with Crippen molar-refractivity contribution < 1.29 is 18.7 Å². The van der Waals surface area contributed by atoms with Crippen molar-refractivity contribution in [3.05, 3.63) is 47.7 Å². The molecule has 1 aromatic heterocycles. The van der Waals surface area contributed by atoms with Crippen LogP contribution in [0.5, 0.6) is 0 Å². The minimum absolute atomic E-state index is 0.125.